The van der Waals surface area contributed by atoms with Crippen molar-refractivity contribution in [2.75, 3.05) is 0 Å². The average molecular weight is 519 g/mol. The van der Waals surface area contributed by atoms with Crippen molar-refractivity contribution in [2.45, 2.75) is 69.1 Å². The van der Waals surface area contributed by atoms with Crippen LogP contribution in [-0.2, 0) is 38.4 Å². The van der Waals surface area contributed by atoms with Crippen LogP contribution in [-0.4, -0.2) is 92.1 Å². The Labute approximate surface area is 203 Å². The van der Waals surface area contributed by atoms with Gasteiger partial charge in [0, 0.05) is 19.3 Å². The molecule has 0 aromatic heterocycles. The molecule has 17 heteroatoms. The van der Waals surface area contributed by atoms with Gasteiger partial charge in [-0.25, -0.2) is 4.79 Å². The smallest absolute Gasteiger partial charge is 0.326 e. The zero-order valence-corrected chi connectivity index (χ0v) is 19.0. The fraction of sp³-hybridized carbons (Fsp3) is 0.579. The first-order valence-electron chi connectivity index (χ1n) is 10.5. The van der Waals surface area contributed by atoms with E-state index in [9.17, 15) is 38.4 Å². The third kappa shape index (κ3) is 13.4. The highest BCUT2D eigenvalue weighted by atomic mass is 16.4. The van der Waals surface area contributed by atoms with E-state index in [2.05, 4.69) is 10.6 Å². The topological polar surface area (TPSA) is 306 Å². The summed E-state index contributed by atoms with van der Waals surface area (Å²) in [6.07, 6.45) is -3.73. The highest BCUT2D eigenvalue weighted by Gasteiger charge is 2.31. The normalized spacial score (nSPS) is 13.8. The Morgan fingerprint density at radius 3 is 1.42 bits per heavy atom. The van der Waals surface area contributed by atoms with Crippen molar-refractivity contribution in [3.05, 3.63) is 0 Å². The molecular formula is C19H29N5O12. The number of rotatable bonds is 18. The van der Waals surface area contributed by atoms with Crippen molar-refractivity contribution in [1.82, 2.24) is 16.0 Å². The van der Waals surface area contributed by atoms with Gasteiger partial charge < -0.3 is 47.8 Å². The number of aliphatic carboxylic acids is 4. The van der Waals surface area contributed by atoms with Crippen LogP contribution in [0.25, 0.3) is 0 Å². The SMILES string of the molecule is NC(=O)CCC(NC(=O)C(CCC(=O)O)NC(=O)C(N)CCC(=O)O)C(=O)NC(CC(=O)O)C(=O)O. The molecule has 202 valence electrons. The molecule has 0 aliphatic rings. The quantitative estimate of drug-likeness (QED) is 0.0843. The molecule has 0 saturated carbocycles. The minimum absolute atomic E-state index is 0.293. The zero-order chi connectivity index (χ0) is 28.0. The molecule has 4 amide bonds. The number of carboxylic acids is 4. The first-order chi connectivity index (χ1) is 16.6. The maximum atomic E-state index is 12.8. The Morgan fingerprint density at radius 2 is 1.00 bits per heavy atom. The van der Waals surface area contributed by atoms with Crippen LogP contribution in [0.15, 0.2) is 0 Å². The van der Waals surface area contributed by atoms with E-state index in [1.54, 1.807) is 0 Å². The highest BCUT2D eigenvalue weighted by Crippen LogP contribution is 2.05. The van der Waals surface area contributed by atoms with E-state index >= 15 is 0 Å². The summed E-state index contributed by atoms with van der Waals surface area (Å²) in [6.45, 7) is 0. The van der Waals surface area contributed by atoms with Crippen molar-refractivity contribution >= 4 is 47.5 Å². The molecule has 0 saturated heterocycles. The molecule has 4 atom stereocenters. The summed E-state index contributed by atoms with van der Waals surface area (Å²) in [7, 11) is 0. The Morgan fingerprint density at radius 1 is 0.583 bits per heavy atom. The van der Waals surface area contributed by atoms with E-state index in [0.29, 0.717) is 0 Å². The number of carbonyl (C=O) groups excluding carboxylic acids is 4. The molecule has 0 aromatic rings. The number of carbonyl (C=O) groups is 8. The van der Waals surface area contributed by atoms with Crippen LogP contribution in [0.3, 0.4) is 0 Å². The van der Waals surface area contributed by atoms with Crippen LogP contribution in [0, 0.1) is 0 Å². The van der Waals surface area contributed by atoms with Crippen LogP contribution >= 0.6 is 0 Å². The standard InChI is InChI=1S/C19H29N5O12/c20-8(1-5-13(26)27)16(32)22-10(3-6-14(28)29)17(33)23-9(2-4-12(21)25)18(34)24-11(19(35)36)7-15(30)31/h8-11H,1-7,20H2,(H2,21,25)(H,22,32)(H,23,33)(H,24,34)(H,26,27)(H,28,29)(H,30,31)(H,35,36). The molecule has 0 fully saturated rings. The van der Waals surface area contributed by atoms with Crippen LogP contribution in [0.1, 0.15) is 44.9 Å². The maximum Gasteiger partial charge on any atom is 0.326 e. The van der Waals surface area contributed by atoms with E-state index < -0.39 is 110 Å². The second kappa shape index (κ2) is 15.6. The van der Waals surface area contributed by atoms with Crippen molar-refractivity contribution < 1.29 is 58.8 Å². The molecule has 0 aromatic carbocycles. The molecule has 0 aliphatic carbocycles. The fourth-order valence-corrected chi connectivity index (χ4v) is 2.70. The molecule has 0 spiro atoms. The van der Waals surface area contributed by atoms with Crippen LogP contribution in [0.2, 0.25) is 0 Å². The molecule has 0 heterocycles. The van der Waals surface area contributed by atoms with E-state index in [-0.39, 0.29) is 6.42 Å². The predicted octanol–water partition coefficient (Wildman–Crippen LogP) is -3.68. The number of carboxylic acid groups (broad SMARTS) is 4. The summed E-state index contributed by atoms with van der Waals surface area (Å²) in [5, 5.41) is 41.7. The van der Waals surface area contributed by atoms with Gasteiger partial charge >= 0.3 is 23.9 Å². The van der Waals surface area contributed by atoms with E-state index in [0.717, 1.165) is 0 Å². The van der Waals surface area contributed by atoms with Crippen molar-refractivity contribution in [3.8, 4) is 0 Å². The van der Waals surface area contributed by atoms with Crippen molar-refractivity contribution in [1.29, 1.82) is 0 Å². The van der Waals surface area contributed by atoms with E-state index in [4.69, 9.17) is 31.9 Å². The Bertz CT molecular complexity index is 877. The lowest BCUT2D eigenvalue weighted by Crippen LogP contribution is -2.57. The van der Waals surface area contributed by atoms with Gasteiger partial charge in [-0.1, -0.05) is 0 Å². The van der Waals surface area contributed by atoms with Crippen molar-refractivity contribution in [2.24, 2.45) is 11.5 Å². The Balaban J connectivity index is 5.64. The third-order valence-electron chi connectivity index (χ3n) is 4.59. The first-order valence-corrected chi connectivity index (χ1v) is 10.5. The molecular weight excluding hydrogens is 490 g/mol. The van der Waals surface area contributed by atoms with E-state index in [1.807, 2.05) is 5.32 Å². The Hall–Kier alpha value is -4.28. The van der Waals surface area contributed by atoms with Gasteiger partial charge in [0.05, 0.1) is 12.5 Å². The van der Waals surface area contributed by atoms with Crippen LogP contribution in [0.4, 0.5) is 0 Å². The second-order valence-electron chi connectivity index (χ2n) is 7.60. The number of hydrogen-bond donors (Lipinski definition) is 9. The maximum absolute atomic E-state index is 12.8. The van der Waals surface area contributed by atoms with Gasteiger partial charge in [0.2, 0.25) is 23.6 Å². The minimum Gasteiger partial charge on any atom is -0.481 e. The predicted molar refractivity (Wildman–Crippen MR) is 116 cm³/mol. The summed E-state index contributed by atoms with van der Waals surface area (Å²) in [5.41, 5.74) is 10.6. The number of hydrogen-bond acceptors (Lipinski definition) is 9. The summed E-state index contributed by atoms with van der Waals surface area (Å²) < 4.78 is 0. The summed E-state index contributed by atoms with van der Waals surface area (Å²) in [4.78, 5) is 92.4. The van der Waals surface area contributed by atoms with Crippen LogP contribution < -0.4 is 27.4 Å². The first kappa shape index (κ1) is 31.7. The lowest BCUT2D eigenvalue weighted by molar-refractivity contribution is -0.147. The van der Waals surface area contributed by atoms with Crippen LogP contribution in [0.5, 0.6) is 0 Å². The largest absolute Gasteiger partial charge is 0.481 e. The van der Waals surface area contributed by atoms with Gasteiger partial charge in [-0.15, -0.1) is 0 Å². The number of primary amides is 1. The Kier molecular flexibility index (Phi) is 13.7. The third-order valence-corrected chi connectivity index (χ3v) is 4.59. The average Bonchev–Trinajstić information content (AvgIpc) is 2.75. The summed E-state index contributed by atoms with van der Waals surface area (Å²) in [6, 6.07) is -6.42. The molecule has 11 N–H and O–H groups in total. The van der Waals surface area contributed by atoms with Gasteiger partial charge in [-0.05, 0) is 19.3 Å². The van der Waals surface area contributed by atoms with E-state index in [1.165, 1.54) is 0 Å². The van der Waals surface area contributed by atoms with Gasteiger partial charge in [-0.2, -0.15) is 0 Å². The molecule has 17 nitrogen and oxygen atoms in total. The van der Waals surface area contributed by atoms with Gasteiger partial charge in [0.15, 0.2) is 0 Å². The molecule has 0 rings (SSSR count). The molecule has 36 heavy (non-hydrogen) atoms. The van der Waals surface area contributed by atoms with Crippen molar-refractivity contribution in [3.63, 3.8) is 0 Å². The van der Waals surface area contributed by atoms with Gasteiger partial charge in [0.25, 0.3) is 0 Å². The lowest BCUT2D eigenvalue weighted by atomic mass is 10.1. The molecule has 0 bridgehead atoms. The fourth-order valence-electron chi connectivity index (χ4n) is 2.70. The zero-order valence-electron chi connectivity index (χ0n) is 19.0. The lowest BCUT2D eigenvalue weighted by Gasteiger charge is -2.24. The minimum atomic E-state index is -1.88. The number of nitrogens with one attached hydrogen (secondary N) is 3. The molecule has 0 aliphatic heterocycles. The summed E-state index contributed by atoms with van der Waals surface area (Å²) >= 11 is 0. The number of nitrogens with two attached hydrogens (primary N) is 2. The molecule has 4 unspecified atom stereocenters. The number of amides is 4. The highest BCUT2D eigenvalue weighted by molar-refractivity contribution is 5.95. The molecule has 0 radical (unpaired) electrons. The summed E-state index contributed by atoms with van der Waals surface area (Å²) in [5.74, 6) is -9.95. The van der Waals surface area contributed by atoms with Gasteiger partial charge in [0.1, 0.15) is 18.1 Å². The monoisotopic (exact) mass is 519 g/mol. The van der Waals surface area contributed by atoms with Gasteiger partial charge in [-0.3, -0.25) is 33.6 Å². The second-order valence-corrected chi connectivity index (χ2v) is 7.60.